The summed E-state index contributed by atoms with van der Waals surface area (Å²) in [6.07, 6.45) is 10.5. The minimum absolute atomic E-state index is 0.0358. The zero-order valence-corrected chi connectivity index (χ0v) is 39.6. The molecular formula is C50H59Cl2FN8O5. The first-order valence-corrected chi connectivity index (χ1v) is 24.5. The van der Waals surface area contributed by atoms with Gasteiger partial charge in [-0.25, -0.2) is 14.2 Å². The molecule has 0 bridgehead atoms. The number of amides is 4. The van der Waals surface area contributed by atoms with Crippen LogP contribution in [0, 0.1) is 17.2 Å². The summed E-state index contributed by atoms with van der Waals surface area (Å²) in [5.41, 5.74) is 1.86. The molecule has 6 heterocycles. The Morgan fingerprint density at radius 2 is 1.61 bits per heavy atom. The van der Waals surface area contributed by atoms with Crippen molar-refractivity contribution in [3.8, 4) is 0 Å². The van der Waals surface area contributed by atoms with Crippen molar-refractivity contribution >= 4 is 63.6 Å². The van der Waals surface area contributed by atoms with Crippen LogP contribution in [0.3, 0.4) is 0 Å². The second-order valence-electron chi connectivity index (χ2n) is 20.9. The molecule has 2 aromatic heterocycles. The van der Waals surface area contributed by atoms with Crippen LogP contribution in [-0.2, 0) is 31.6 Å². The SMILES string of the molecule is CN1[C@@H](C(=O)NC2CCC(CN3CCC(c4ccc5c(c4)n(C)c(=O)n5C4CCC(=O)NC4=O)CC3)CC2)[C@H](c2ccnc(Cl)c2F)[C@]2(C(=O)Nc3cc(Cl)ccc32)C12CCC(C)(C)CC2. The summed E-state index contributed by atoms with van der Waals surface area (Å²) in [6.45, 7) is 7.40. The Morgan fingerprint density at radius 1 is 0.879 bits per heavy atom. The fourth-order valence-corrected chi connectivity index (χ4v) is 13.7. The van der Waals surface area contributed by atoms with Gasteiger partial charge in [0.1, 0.15) is 11.5 Å². The average Bonchev–Trinajstić information content (AvgIpc) is 3.81. The van der Waals surface area contributed by atoms with Crippen molar-refractivity contribution in [2.75, 3.05) is 32.0 Å². The number of pyridine rings is 1. The van der Waals surface area contributed by atoms with Crippen LogP contribution in [0.4, 0.5) is 10.1 Å². The summed E-state index contributed by atoms with van der Waals surface area (Å²) in [6, 6.07) is 11.5. The van der Waals surface area contributed by atoms with Crippen LogP contribution in [0.5, 0.6) is 0 Å². The number of rotatable bonds is 7. The van der Waals surface area contributed by atoms with E-state index in [1.807, 2.05) is 19.2 Å². The van der Waals surface area contributed by atoms with Crippen LogP contribution in [0.2, 0.25) is 10.2 Å². The van der Waals surface area contributed by atoms with E-state index in [-0.39, 0.29) is 52.0 Å². The highest BCUT2D eigenvalue weighted by atomic mass is 35.5. The van der Waals surface area contributed by atoms with Gasteiger partial charge in [-0.1, -0.05) is 49.2 Å². The predicted molar refractivity (Wildman–Crippen MR) is 251 cm³/mol. The molecule has 4 aromatic rings. The van der Waals surface area contributed by atoms with Crippen molar-refractivity contribution in [2.24, 2.45) is 18.4 Å². The minimum Gasteiger partial charge on any atom is -0.352 e. The third-order valence-corrected chi connectivity index (χ3v) is 17.4. The summed E-state index contributed by atoms with van der Waals surface area (Å²) in [7, 11) is 3.69. The van der Waals surface area contributed by atoms with E-state index in [9.17, 15) is 19.2 Å². The molecule has 4 atom stereocenters. The van der Waals surface area contributed by atoms with E-state index in [0.29, 0.717) is 47.3 Å². The normalized spacial score (nSPS) is 29.1. The fourth-order valence-electron chi connectivity index (χ4n) is 13.3. The number of halogens is 3. The standard InChI is InChI=1S/C50H59Cl2FN8O5/c1-48(2)18-20-49(21-19-48)50(34-11-8-31(51)26-35(34)56-46(50)65)40(33-15-22-54-43(52)41(33)53)42(59(49)4)45(64)55-32-9-5-28(6-10-32)27-60-23-16-29(17-24-60)30-7-12-36-38(25-30)58(3)47(66)61(36)37-13-14-39(62)57-44(37)63/h7-8,11-12,15,22,25-26,28-29,32,37,40,42H,5-6,9-10,13-14,16-21,23-24,27H2,1-4H3,(H,55,64)(H,56,65)(H,57,62,63)/t28?,32?,37?,40-,42+,50+/m0/s1. The van der Waals surface area contributed by atoms with Gasteiger partial charge >= 0.3 is 5.69 Å². The third-order valence-electron chi connectivity index (χ3n) is 16.9. The number of piperidine rings is 2. The zero-order chi connectivity index (χ0) is 46.4. The molecule has 2 spiro atoms. The van der Waals surface area contributed by atoms with Crippen LogP contribution in [0.1, 0.15) is 125 Å². The quantitative estimate of drug-likeness (QED) is 0.129. The lowest BCUT2D eigenvalue weighted by molar-refractivity contribution is -0.136. The molecule has 3 saturated heterocycles. The van der Waals surface area contributed by atoms with Crippen molar-refractivity contribution in [3.05, 3.63) is 91.8 Å². The number of hydrogen-bond donors (Lipinski definition) is 3. The first-order valence-electron chi connectivity index (χ1n) is 23.7. The Balaban J connectivity index is 0.824. The number of aryl methyl sites for hydroxylation is 1. The summed E-state index contributed by atoms with van der Waals surface area (Å²) in [4.78, 5) is 76.6. The summed E-state index contributed by atoms with van der Waals surface area (Å²) >= 11 is 12.9. The molecule has 350 valence electrons. The second kappa shape index (κ2) is 16.9. The molecule has 3 N–H and O–H groups in total. The summed E-state index contributed by atoms with van der Waals surface area (Å²) < 4.78 is 19.7. The van der Waals surface area contributed by atoms with Gasteiger partial charge in [0.2, 0.25) is 23.6 Å². The molecule has 4 amide bonds. The van der Waals surface area contributed by atoms with Gasteiger partial charge in [-0.05, 0) is 155 Å². The molecule has 2 aliphatic carbocycles. The van der Waals surface area contributed by atoms with Crippen molar-refractivity contribution in [2.45, 2.75) is 132 Å². The topological polar surface area (TPSA) is 151 Å². The zero-order valence-electron chi connectivity index (χ0n) is 38.1. The predicted octanol–water partition coefficient (Wildman–Crippen LogP) is 7.34. The van der Waals surface area contributed by atoms with Crippen LogP contribution in [-0.4, -0.2) is 91.9 Å². The molecule has 16 heteroatoms. The maximum absolute atomic E-state index is 16.5. The van der Waals surface area contributed by atoms with Crippen LogP contribution in [0.15, 0.2) is 53.5 Å². The van der Waals surface area contributed by atoms with Crippen molar-refractivity contribution in [1.82, 2.24) is 34.6 Å². The van der Waals surface area contributed by atoms with Crippen molar-refractivity contribution < 1.29 is 23.6 Å². The molecular weight excluding hydrogens is 883 g/mol. The largest absolute Gasteiger partial charge is 0.352 e. The highest BCUT2D eigenvalue weighted by Gasteiger charge is 2.75. The number of imide groups is 1. The third kappa shape index (κ3) is 7.22. The average molecular weight is 942 g/mol. The van der Waals surface area contributed by atoms with Gasteiger partial charge in [-0.2, -0.15) is 0 Å². The Bertz CT molecular complexity index is 2690. The van der Waals surface area contributed by atoms with Crippen molar-refractivity contribution in [1.29, 1.82) is 0 Å². The smallest absolute Gasteiger partial charge is 0.329 e. The Morgan fingerprint density at radius 3 is 2.32 bits per heavy atom. The second-order valence-corrected chi connectivity index (χ2v) is 21.7. The Labute approximate surface area is 394 Å². The lowest BCUT2D eigenvalue weighted by atomic mass is 9.53. The minimum atomic E-state index is -1.31. The van der Waals surface area contributed by atoms with Gasteiger partial charge in [0.15, 0.2) is 11.0 Å². The van der Waals surface area contributed by atoms with Gasteiger partial charge in [0.25, 0.3) is 0 Å². The molecule has 0 radical (unpaired) electrons. The molecule has 2 saturated carbocycles. The molecule has 5 fully saturated rings. The van der Waals surface area contributed by atoms with E-state index >= 15 is 9.18 Å². The van der Waals surface area contributed by atoms with E-state index in [1.165, 1.54) is 16.3 Å². The molecule has 2 aromatic carbocycles. The lowest BCUT2D eigenvalue weighted by Gasteiger charge is -2.53. The van der Waals surface area contributed by atoms with E-state index in [4.69, 9.17) is 23.2 Å². The number of likely N-dealkylation sites (tertiary alicyclic amines) is 2. The Kier molecular flexibility index (Phi) is 11.5. The maximum atomic E-state index is 16.5. The molecule has 4 aliphatic heterocycles. The van der Waals surface area contributed by atoms with Crippen LogP contribution >= 0.6 is 23.2 Å². The van der Waals surface area contributed by atoms with E-state index in [1.54, 1.807) is 29.8 Å². The highest BCUT2D eigenvalue weighted by Crippen LogP contribution is 2.67. The van der Waals surface area contributed by atoms with Gasteiger partial charge in [-0.15, -0.1) is 0 Å². The first kappa shape index (κ1) is 45.2. The number of imidazole rings is 1. The van der Waals surface area contributed by atoms with Gasteiger partial charge in [-0.3, -0.25) is 38.5 Å². The summed E-state index contributed by atoms with van der Waals surface area (Å²) in [5.74, 6) is -1.98. The van der Waals surface area contributed by atoms with E-state index in [0.717, 1.165) is 82.1 Å². The maximum Gasteiger partial charge on any atom is 0.329 e. The molecule has 6 aliphatic rings. The van der Waals surface area contributed by atoms with Gasteiger partial charge < -0.3 is 15.5 Å². The number of anilines is 1. The summed E-state index contributed by atoms with van der Waals surface area (Å²) in [5, 5.41) is 9.15. The monoisotopic (exact) mass is 940 g/mol. The highest BCUT2D eigenvalue weighted by molar-refractivity contribution is 6.31. The number of likely N-dealkylation sites (N-methyl/N-ethyl adjacent to an activating group) is 1. The van der Waals surface area contributed by atoms with Crippen molar-refractivity contribution in [3.63, 3.8) is 0 Å². The number of carbonyl (C=O) groups excluding carboxylic acids is 4. The van der Waals surface area contributed by atoms with Crippen LogP contribution < -0.4 is 21.6 Å². The number of benzene rings is 2. The molecule has 10 rings (SSSR count). The number of aromatic nitrogens is 3. The molecule has 66 heavy (non-hydrogen) atoms. The lowest BCUT2D eigenvalue weighted by Crippen LogP contribution is -2.62. The van der Waals surface area contributed by atoms with Gasteiger partial charge in [0, 0.05) is 54.4 Å². The number of nitrogens with zero attached hydrogens (tertiary/aromatic N) is 5. The van der Waals surface area contributed by atoms with Gasteiger partial charge in [0.05, 0.1) is 17.1 Å². The molecule has 1 unspecified atom stereocenters. The van der Waals surface area contributed by atoms with Crippen LogP contribution in [0.25, 0.3) is 11.0 Å². The number of fused-ring (bicyclic) bond motifs is 4. The Hall–Kier alpha value is -4.63. The number of hydrogen-bond acceptors (Lipinski definition) is 8. The molecule has 13 nitrogen and oxygen atoms in total. The number of carbonyl (C=O) groups is 4. The number of nitrogens with one attached hydrogen (secondary N) is 3. The fraction of sp³-hybridized carbons (Fsp3) is 0.560. The van der Waals surface area contributed by atoms with E-state index < -0.39 is 40.7 Å². The first-order chi connectivity index (χ1) is 31.5. The van der Waals surface area contributed by atoms with E-state index in [2.05, 4.69) is 56.7 Å².